The first-order valence-corrected chi connectivity index (χ1v) is 7.06. The smallest absolute Gasteiger partial charge is 0.332 e. The minimum atomic E-state index is -0.755. The fourth-order valence-corrected chi connectivity index (χ4v) is 2.96. The third-order valence-corrected chi connectivity index (χ3v) is 4.16. The van der Waals surface area contributed by atoms with Crippen LogP contribution in [0.4, 0.5) is 5.82 Å². The van der Waals surface area contributed by atoms with Gasteiger partial charge in [0, 0.05) is 20.0 Å². The van der Waals surface area contributed by atoms with Gasteiger partial charge in [0.15, 0.2) is 0 Å². The molecule has 0 unspecified atom stereocenters. The monoisotopic (exact) mass is 309 g/mol. The molecule has 0 radical (unpaired) electrons. The number of hydrogen-bond acceptors (Lipinski definition) is 5. The quantitative estimate of drug-likeness (QED) is 0.820. The summed E-state index contributed by atoms with van der Waals surface area (Å²) in [5, 5.41) is 9.51. The van der Waals surface area contributed by atoms with Crippen LogP contribution in [-0.4, -0.2) is 15.0 Å². The van der Waals surface area contributed by atoms with Crippen molar-refractivity contribution < 1.29 is 0 Å². The molecule has 0 fully saturated rings. The van der Waals surface area contributed by atoms with Gasteiger partial charge in [-0.25, -0.2) is 9.79 Å². The van der Waals surface area contributed by atoms with Crippen molar-refractivity contribution in [3.05, 3.63) is 62.3 Å². The van der Waals surface area contributed by atoms with Crippen molar-refractivity contribution in [1.82, 2.24) is 9.13 Å². The van der Waals surface area contributed by atoms with Crippen LogP contribution in [0.3, 0.4) is 0 Å². The number of aromatic nitrogens is 2. The number of aliphatic imine (C=N–C) groups is 1. The Hall–Kier alpha value is -3.14. The van der Waals surface area contributed by atoms with E-state index >= 15 is 0 Å². The van der Waals surface area contributed by atoms with Crippen molar-refractivity contribution in [2.24, 2.45) is 30.7 Å². The molecule has 1 aromatic carbocycles. The van der Waals surface area contributed by atoms with Crippen molar-refractivity contribution in [3.8, 4) is 6.07 Å². The van der Waals surface area contributed by atoms with E-state index in [1.54, 1.807) is 0 Å². The topological polar surface area (TPSA) is 106 Å². The van der Waals surface area contributed by atoms with Crippen LogP contribution in [0.25, 0.3) is 0 Å². The van der Waals surface area contributed by atoms with Gasteiger partial charge < -0.3 is 5.73 Å². The molecule has 0 saturated carbocycles. The normalized spacial score (nSPS) is 19.6. The Morgan fingerprint density at radius 2 is 1.83 bits per heavy atom. The molecule has 0 amide bonds. The summed E-state index contributed by atoms with van der Waals surface area (Å²) in [7, 11) is 2.95. The van der Waals surface area contributed by atoms with Gasteiger partial charge in [-0.15, -0.1) is 0 Å². The van der Waals surface area contributed by atoms with Gasteiger partial charge in [-0.3, -0.25) is 13.9 Å². The van der Waals surface area contributed by atoms with Crippen LogP contribution in [0.2, 0.25) is 0 Å². The van der Waals surface area contributed by atoms with Crippen molar-refractivity contribution in [2.75, 3.05) is 0 Å². The first-order valence-electron chi connectivity index (χ1n) is 7.06. The zero-order chi connectivity index (χ0) is 16.7. The largest absolute Gasteiger partial charge is 0.386 e. The second kappa shape index (κ2) is 5.25. The Labute approximate surface area is 131 Å². The molecule has 1 aliphatic heterocycles. The van der Waals surface area contributed by atoms with E-state index in [-0.39, 0.29) is 11.7 Å². The molecular formula is C16H15N5O2. The highest BCUT2D eigenvalue weighted by Gasteiger charge is 2.37. The summed E-state index contributed by atoms with van der Waals surface area (Å²) in [6.07, 6.45) is 0. The molecule has 7 nitrogen and oxygen atoms in total. The summed E-state index contributed by atoms with van der Waals surface area (Å²) in [5.74, 6) is -0.984. The molecule has 116 valence electrons. The van der Waals surface area contributed by atoms with Gasteiger partial charge in [0.2, 0.25) is 0 Å². The Morgan fingerprint density at radius 3 is 2.43 bits per heavy atom. The lowest BCUT2D eigenvalue weighted by Gasteiger charge is -2.28. The Morgan fingerprint density at radius 1 is 1.17 bits per heavy atom. The third-order valence-electron chi connectivity index (χ3n) is 4.16. The number of benzene rings is 1. The molecule has 0 aliphatic carbocycles. The van der Waals surface area contributed by atoms with Crippen LogP contribution in [0, 0.1) is 17.2 Å². The van der Waals surface area contributed by atoms with Gasteiger partial charge in [-0.2, -0.15) is 5.26 Å². The van der Waals surface area contributed by atoms with E-state index in [0.717, 1.165) is 10.1 Å². The number of nitrogens with two attached hydrogens (primary N) is 1. The Bertz CT molecular complexity index is 963. The highest BCUT2D eigenvalue weighted by Crippen LogP contribution is 2.38. The molecule has 0 spiro atoms. The molecule has 23 heavy (non-hydrogen) atoms. The van der Waals surface area contributed by atoms with Crippen LogP contribution in [0.15, 0.2) is 44.9 Å². The molecule has 2 aromatic rings. The van der Waals surface area contributed by atoms with E-state index in [1.165, 1.54) is 18.7 Å². The predicted molar refractivity (Wildman–Crippen MR) is 85.6 cm³/mol. The number of amidine groups is 1. The van der Waals surface area contributed by atoms with E-state index in [2.05, 4.69) is 11.1 Å². The van der Waals surface area contributed by atoms with Gasteiger partial charge in [-0.05, 0) is 5.56 Å². The highest BCUT2D eigenvalue weighted by atomic mass is 16.2. The second-order valence-corrected chi connectivity index (χ2v) is 5.47. The zero-order valence-electron chi connectivity index (χ0n) is 12.7. The second-order valence-electron chi connectivity index (χ2n) is 5.47. The fourth-order valence-electron chi connectivity index (χ4n) is 2.96. The van der Waals surface area contributed by atoms with E-state index in [0.29, 0.717) is 5.56 Å². The van der Waals surface area contributed by atoms with Gasteiger partial charge in [-0.1, -0.05) is 30.3 Å². The minimum Gasteiger partial charge on any atom is -0.386 e. The number of nitrogens with zero attached hydrogens (tertiary/aromatic N) is 4. The number of hydrogen-bond donors (Lipinski definition) is 1. The number of rotatable bonds is 1. The molecule has 0 saturated heterocycles. The van der Waals surface area contributed by atoms with Crippen LogP contribution >= 0.6 is 0 Å². The molecule has 3 rings (SSSR count). The summed E-state index contributed by atoms with van der Waals surface area (Å²) in [5.41, 5.74) is 6.12. The first kappa shape index (κ1) is 14.8. The molecule has 1 aliphatic rings. The van der Waals surface area contributed by atoms with E-state index < -0.39 is 23.1 Å². The SMILES string of the molecule is Cn1c2c(c(=O)n(C)c1=O)[C@H](c1ccccc1)[C@@H](C#N)C(N)=N2. The van der Waals surface area contributed by atoms with Gasteiger partial charge >= 0.3 is 5.69 Å². The number of nitriles is 1. The van der Waals surface area contributed by atoms with Crippen LogP contribution in [-0.2, 0) is 14.1 Å². The number of fused-ring (bicyclic) bond motifs is 1. The standard InChI is InChI=1S/C16H15N5O2/c1-20-14-12(15(22)21(2)16(20)23)11(9-6-4-3-5-7-9)10(8-17)13(18)19-14/h3-7,10-11H,1-2H3,(H2,18,19)/t10-,11-/m1/s1. The average Bonchev–Trinajstić information content (AvgIpc) is 2.57. The van der Waals surface area contributed by atoms with Crippen LogP contribution < -0.4 is 17.0 Å². The summed E-state index contributed by atoms with van der Waals surface area (Å²) in [6, 6.07) is 11.3. The Kier molecular flexibility index (Phi) is 3.37. The lowest BCUT2D eigenvalue weighted by molar-refractivity contribution is 0.620. The van der Waals surface area contributed by atoms with Gasteiger partial charge in [0.05, 0.1) is 11.6 Å². The maximum absolute atomic E-state index is 12.7. The zero-order valence-corrected chi connectivity index (χ0v) is 12.7. The summed E-state index contributed by atoms with van der Waals surface area (Å²) >= 11 is 0. The molecule has 1 aromatic heterocycles. The summed E-state index contributed by atoms with van der Waals surface area (Å²) in [4.78, 5) is 28.9. The van der Waals surface area contributed by atoms with E-state index in [1.807, 2.05) is 30.3 Å². The van der Waals surface area contributed by atoms with E-state index in [4.69, 9.17) is 5.73 Å². The molecular weight excluding hydrogens is 294 g/mol. The molecule has 2 heterocycles. The van der Waals surface area contributed by atoms with Crippen molar-refractivity contribution in [2.45, 2.75) is 5.92 Å². The predicted octanol–water partition coefficient (Wildman–Crippen LogP) is 0.358. The Balaban J connectivity index is 2.44. The van der Waals surface area contributed by atoms with Crippen LogP contribution in [0.1, 0.15) is 17.0 Å². The summed E-state index contributed by atoms with van der Waals surface area (Å²) < 4.78 is 2.31. The van der Waals surface area contributed by atoms with Crippen molar-refractivity contribution in [3.63, 3.8) is 0 Å². The van der Waals surface area contributed by atoms with Crippen LogP contribution in [0.5, 0.6) is 0 Å². The van der Waals surface area contributed by atoms with Crippen molar-refractivity contribution >= 4 is 11.7 Å². The molecule has 0 bridgehead atoms. The third kappa shape index (κ3) is 2.07. The minimum absolute atomic E-state index is 0.108. The summed E-state index contributed by atoms with van der Waals surface area (Å²) in [6.45, 7) is 0. The molecule has 7 heteroatoms. The highest BCUT2D eigenvalue weighted by molar-refractivity contribution is 5.91. The molecule has 2 N–H and O–H groups in total. The van der Waals surface area contributed by atoms with Gasteiger partial charge in [0.1, 0.15) is 17.6 Å². The molecule has 2 atom stereocenters. The fraction of sp³-hybridized carbons (Fsp3) is 0.250. The average molecular weight is 309 g/mol. The maximum Gasteiger partial charge on any atom is 0.332 e. The van der Waals surface area contributed by atoms with E-state index in [9.17, 15) is 14.9 Å². The van der Waals surface area contributed by atoms with Crippen molar-refractivity contribution in [1.29, 1.82) is 5.26 Å². The maximum atomic E-state index is 12.7. The first-order chi connectivity index (χ1) is 11.0. The lowest BCUT2D eigenvalue weighted by Crippen LogP contribution is -2.43. The lowest BCUT2D eigenvalue weighted by atomic mass is 9.79. The van der Waals surface area contributed by atoms with Gasteiger partial charge in [0.25, 0.3) is 5.56 Å².